The van der Waals surface area contributed by atoms with Gasteiger partial charge in [0.15, 0.2) is 5.78 Å². The summed E-state index contributed by atoms with van der Waals surface area (Å²) in [6, 6.07) is 5.93. The van der Waals surface area contributed by atoms with Gasteiger partial charge in [-0.3, -0.25) is 4.79 Å². The summed E-state index contributed by atoms with van der Waals surface area (Å²) in [5.41, 5.74) is 2.07. The third-order valence-electron chi connectivity index (χ3n) is 5.94. The Morgan fingerprint density at radius 1 is 1.23 bits per heavy atom. The number of halogens is 2. The average molecular weight is 427 g/mol. The molecule has 0 aromatic carbocycles. The maximum Gasteiger partial charge on any atom is 0.280 e. The Morgan fingerprint density at radius 2 is 2.00 bits per heavy atom. The van der Waals surface area contributed by atoms with Crippen LogP contribution in [-0.4, -0.2) is 39.5 Å². The molecule has 2 unspecified atom stereocenters. The van der Waals surface area contributed by atoms with Crippen LogP contribution in [0.5, 0.6) is 5.75 Å². The van der Waals surface area contributed by atoms with Crippen LogP contribution in [0.4, 0.5) is 8.78 Å². The van der Waals surface area contributed by atoms with E-state index in [1.54, 1.807) is 0 Å². The second-order valence-corrected chi connectivity index (χ2v) is 8.50. The highest BCUT2D eigenvalue weighted by Crippen LogP contribution is 2.57. The molecule has 1 saturated carbocycles. The summed E-state index contributed by atoms with van der Waals surface area (Å²) in [6.45, 7) is 5.39. The zero-order chi connectivity index (χ0) is 21.7. The van der Waals surface area contributed by atoms with Crippen molar-refractivity contribution in [2.75, 3.05) is 13.2 Å². The lowest BCUT2D eigenvalue weighted by molar-refractivity contribution is 0.0984. The molecule has 0 amide bonds. The Labute approximate surface area is 178 Å². The molecule has 5 rings (SSSR count). The standard InChI is InChI=1S/C23H23F2N3O3/c1-12(2)31-20-7-21-27-18(22-14-10-30-11-15(14)22)9-28(21)8-13(20)6-19(29)16-4-3-5-17(26-16)23(24)25/h3-5,7-9,12,14-15,22-23H,6,10-11H2,1-2H3. The highest BCUT2D eigenvalue weighted by Gasteiger charge is 2.55. The lowest BCUT2D eigenvalue weighted by atomic mass is 10.1. The van der Waals surface area contributed by atoms with Crippen LogP contribution < -0.4 is 4.74 Å². The second kappa shape index (κ2) is 7.67. The van der Waals surface area contributed by atoms with E-state index in [2.05, 4.69) is 4.98 Å². The molecule has 4 heterocycles. The van der Waals surface area contributed by atoms with Crippen LogP contribution in [0, 0.1) is 11.8 Å². The van der Waals surface area contributed by atoms with Crippen molar-refractivity contribution in [3.05, 3.63) is 59.3 Å². The summed E-state index contributed by atoms with van der Waals surface area (Å²) in [5.74, 6) is 1.74. The van der Waals surface area contributed by atoms with Gasteiger partial charge in [0, 0.05) is 36.4 Å². The van der Waals surface area contributed by atoms with Crippen LogP contribution in [0.3, 0.4) is 0 Å². The Hall–Kier alpha value is -2.87. The van der Waals surface area contributed by atoms with Gasteiger partial charge in [0.1, 0.15) is 22.8 Å². The Morgan fingerprint density at radius 3 is 2.71 bits per heavy atom. The van der Waals surface area contributed by atoms with Gasteiger partial charge in [0.25, 0.3) is 6.43 Å². The number of aromatic nitrogens is 3. The zero-order valence-electron chi connectivity index (χ0n) is 17.3. The van der Waals surface area contributed by atoms with E-state index in [0.717, 1.165) is 24.6 Å². The van der Waals surface area contributed by atoms with Crippen LogP contribution >= 0.6 is 0 Å². The van der Waals surface area contributed by atoms with E-state index in [0.29, 0.717) is 29.1 Å². The first-order valence-electron chi connectivity index (χ1n) is 10.4. The molecule has 6 nitrogen and oxygen atoms in total. The van der Waals surface area contributed by atoms with E-state index < -0.39 is 12.1 Å². The highest BCUT2D eigenvalue weighted by molar-refractivity contribution is 5.96. The number of Topliss-reactive ketones (excluding diaryl/α,β-unsaturated/α-hetero) is 1. The summed E-state index contributed by atoms with van der Waals surface area (Å²) in [5, 5.41) is 0. The number of pyridine rings is 2. The van der Waals surface area contributed by atoms with E-state index >= 15 is 0 Å². The lowest BCUT2D eigenvalue weighted by Gasteiger charge is -2.14. The van der Waals surface area contributed by atoms with E-state index in [4.69, 9.17) is 14.5 Å². The van der Waals surface area contributed by atoms with Gasteiger partial charge in [-0.1, -0.05) is 6.07 Å². The molecule has 2 atom stereocenters. The number of carbonyl (C=O) groups excluding carboxylic acids is 1. The van der Waals surface area contributed by atoms with Crippen LogP contribution in [0.15, 0.2) is 36.7 Å². The quantitative estimate of drug-likeness (QED) is 0.528. The van der Waals surface area contributed by atoms with E-state index in [1.807, 2.05) is 36.7 Å². The van der Waals surface area contributed by atoms with Crippen LogP contribution in [-0.2, 0) is 11.2 Å². The fourth-order valence-electron chi connectivity index (χ4n) is 4.41. The minimum atomic E-state index is -2.72. The fraction of sp³-hybridized carbons (Fsp3) is 0.435. The summed E-state index contributed by atoms with van der Waals surface area (Å²) in [7, 11) is 0. The Kier molecular flexibility index (Phi) is 4.97. The van der Waals surface area contributed by atoms with Crippen molar-refractivity contribution in [1.82, 2.24) is 14.4 Å². The van der Waals surface area contributed by atoms with Crippen molar-refractivity contribution in [3.8, 4) is 5.75 Å². The minimum Gasteiger partial charge on any atom is -0.491 e. The van der Waals surface area contributed by atoms with Crippen molar-refractivity contribution in [1.29, 1.82) is 0 Å². The molecule has 3 aromatic rings. The molecular formula is C23H23F2N3O3. The van der Waals surface area contributed by atoms with Crippen molar-refractivity contribution >= 4 is 11.4 Å². The Bertz CT molecular complexity index is 1130. The topological polar surface area (TPSA) is 65.7 Å². The van der Waals surface area contributed by atoms with Gasteiger partial charge >= 0.3 is 0 Å². The number of hydrogen-bond acceptors (Lipinski definition) is 5. The maximum absolute atomic E-state index is 13.0. The molecule has 2 aliphatic rings. The molecule has 0 N–H and O–H groups in total. The first-order valence-corrected chi connectivity index (χ1v) is 10.4. The average Bonchev–Trinajstić information content (AvgIpc) is 3.04. The molecule has 31 heavy (non-hydrogen) atoms. The van der Waals surface area contributed by atoms with Crippen molar-refractivity contribution in [3.63, 3.8) is 0 Å². The van der Waals surface area contributed by atoms with E-state index in [9.17, 15) is 13.6 Å². The van der Waals surface area contributed by atoms with Gasteiger partial charge in [-0.05, 0) is 37.8 Å². The number of hydrogen-bond donors (Lipinski definition) is 0. The van der Waals surface area contributed by atoms with Gasteiger partial charge < -0.3 is 13.9 Å². The molecular weight excluding hydrogens is 404 g/mol. The zero-order valence-corrected chi connectivity index (χ0v) is 17.3. The number of nitrogens with zero attached hydrogens (tertiary/aromatic N) is 3. The monoisotopic (exact) mass is 427 g/mol. The summed E-state index contributed by atoms with van der Waals surface area (Å²) in [4.78, 5) is 21.4. The predicted octanol–water partition coefficient (Wildman–Crippen LogP) is 4.24. The number of fused-ring (bicyclic) bond motifs is 2. The molecule has 0 radical (unpaired) electrons. The second-order valence-electron chi connectivity index (χ2n) is 8.50. The summed E-state index contributed by atoms with van der Waals surface area (Å²) in [6.07, 6.45) is 1.02. The van der Waals surface area contributed by atoms with Gasteiger partial charge in [-0.2, -0.15) is 0 Å². The van der Waals surface area contributed by atoms with Crippen molar-refractivity contribution in [2.24, 2.45) is 11.8 Å². The van der Waals surface area contributed by atoms with Gasteiger partial charge in [-0.25, -0.2) is 18.7 Å². The largest absolute Gasteiger partial charge is 0.491 e. The number of ketones is 1. The third-order valence-corrected chi connectivity index (χ3v) is 5.94. The van der Waals surface area contributed by atoms with Crippen molar-refractivity contribution < 1.29 is 23.0 Å². The summed E-state index contributed by atoms with van der Waals surface area (Å²) >= 11 is 0. The molecule has 2 fully saturated rings. The van der Waals surface area contributed by atoms with E-state index in [-0.39, 0.29) is 24.0 Å². The molecule has 1 saturated heterocycles. The first kappa shape index (κ1) is 20.1. The number of ether oxygens (including phenoxy) is 2. The molecule has 1 aliphatic carbocycles. The van der Waals surface area contributed by atoms with Crippen LogP contribution in [0.1, 0.15) is 53.6 Å². The molecule has 0 spiro atoms. The predicted molar refractivity (Wildman–Crippen MR) is 109 cm³/mol. The van der Waals surface area contributed by atoms with Crippen molar-refractivity contribution in [2.45, 2.75) is 38.7 Å². The summed E-state index contributed by atoms with van der Waals surface area (Å²) < 4.78 is 39.3. The fourth-order valence-corrected chi connectivity index (χ4v) is 4.41. The smallest absolute Gasteiger partial charge is 0.280 e. The molecule has 0 bridgehead atoms. The van der Waals surface area contributed by atoms with Crippen LogP contribution in [0.25, 0.3) is 5.65 Å². The maximum atomic E-state index is 13.0. The molecule has 3 aromatic heterocycles. The highest BCUT2D eigenvalue weighted by atomic mass is 19.3. The number of carbonyl (C=O) groups is 1. The van der Waals surface area contributed by atoms with E-state index in [1.165, 1.54) is 18.2 Å². The third kappa shape index (κ3) is 3.80. The first-order chi connectivity index (χ1) is 14.9. The number of alkyl halides is 2. The minimum absolute atomic E-state index is 0.00623. The van der Waals surface area contributed by atoms with Gasteiger partial charge in [-0.15, -0.1) is 0 Å². The SMILES string of the molecule is CC(C)Oc1cc2nc(C3C4COCC43)cn2cc1CC(=O)c1cccc(C(F)F)n1. The van der Waals surface area contributed by atoms with Crippen LogP contribution in [0.2, 0.25) is 0 Å². The lowest BCUT2D eigenvalue weighted by Crippen LogP contribution is -2.12. The Balaban J connectivity index is 1.46. The molecule has 1 aliphatic heterocycles. The normalized spacial score (nSPS) is 22.3. The van der Waals surface area contributed by atoms with Gasteiger partial charge in [0.2, 0.25) is 0 Å². The van der Waals surface area contributed by atoms with Gasteiger partial charge in [0.05, 0.1) is 25.0 Å². The number of rotatable bonds is 7. The molecule has 8 heteroatoms. The molecule has 162 valence electrons. The number of imidazole rings is 1.